The molecule has 1 aromatic carbocycles. The molecule has 0 aliphatic carbocycles. The van der Waals surface area contributed by atoms with Crippen LogP contribution in [-0.4, -0.2) is 12.3 Å². The number of hydrogen-bond donors (Lipinski definition) is 1. The van der Waals surface area contributed by atoms with Gasteiger partial charge in [0.2, 0.25) is 0 Å². The van der Waals surface area contributed by atoms with Crippen LogP contribution < -0.4 is 5.32 Å². The molecular formula is C12H17NS. The van der Waals surface area contributed by atoms with Crippen LogP contribution in [0.25, 0.3) is 0 Å². The largest absolute Gasteiger partial charge is 0.385 e. The molecule has 2 heteroatoms. The van der Waals surface area contributed by atoms with Crippen molar-refractivity contribution in [3.05, 3.63) is 29.3 Å². The summed E-state index contributed by atoms with van der Waals surface area (Å²) in [4.78, 5) is 0. The van der Waals surface area contributed by atoms with E-state index in [0.29, 0.717) is 0 Å². The maximum Gasteiger partial charge on any atom is 0.0372 e. The first-order valence-corrected chi connectivity index (χ1v) is 6.49. The molecule has 0 spiro atoms. The van der Waals surface area contributed by atoms with Gasteiger partial charge < -0.3 is 5.32 Å². The van der Waals surface area contributed by atoms with Crippen LogP contribution >= 0.6 is 11.8 Å². The van der Waals surface area contributed by atoms with Crippen LogP contribution in [-0.2, 0) is 12.2 Å². The van der Waals surface area contributed by atoms with Crippen molar-refractivity contribution >= 4 is 17.4 Å². The van der Waals surface area contributed by atoms with Gasteiger partial charge in [-0.2, -0.15) is 11.8 Å². The average molecular weight is 207 g/mol. The minimum absolute atomic E-state index is 1.13. The summed E-state index contributed by atoms with van der Waals surface area (Å²) < 4.78 is 0. The molecule has 2 rings (SSSR count). The van der Waals surface area contributed by atoms with Gasteiger partial charge in [0.1, 0.15) is 0 Å². The maximum absolute atomic E-state index is 3.44. The highest BCUT2D eigenvalue weighted by Crippen LogP contribution is 2.24. The molecule has 0 atom stereocenters. The number of rotatable bonds is 3. The third-order valence-corrected chi connectivity index (χ3v) is 3.53. The lowest BCUT2D eigenvalue weighted by atomic mass is 10.0. The number of fused-ring (bicyclic) bond motifs is 1. The summed E-state index contributed by atoms with van der Waals surface area (Å²) in [6.45, 7) is 3.35. The highest BCUT2D eigenvalue weighted by Gasteiger charge is 2.08. The SMILES string of the molecule is CCSCc1ccc2c(c1)CCCN2. The first kappa shape index (κ1) is 9.91. The van der Waals surface area contributed by atoms with Crippen molar-refractivity contribution in [2.24, 2.45) is 0 Å². The summed E-state index contributed by atoms with van der Waals surface area (Å²) in [5, 5.41) is 3.44. The van der Waals surface area contributed by atoms with E-state index in [1.807, 2.05) is 11.8 Å². The molecule has 76 valence electrons. The third kappa shape index (κ3) is 2.24. The van der Waals surface area contributed by atoms with Gasteiger partial charge in [0.25, 0.3) is 0 Å². The molecule has 14 heavy (non-hydrogen) atoms. The van der Waals surface area contributed by atoms with E-state index >= 15 is 0 Å². The average Bonchev–Trinajstić information content (AvgIpc) is 2.26. The van der Waals surface area contributed by atoms with E-state index < -0.39 is 0 Å². The number of hydrogen-bond acceptors (Lipinski definition) is 2. The summed E-state index contributed by atoms with van der Waals surface area (Å²) >= 11 is 1.99. The van der Waals surface area contributed by atoms with Crippen LogP contribution in [0.5, 0.6) is 0 Å². The van der Waals surface area contributed by atoms with E-state index in [0.717, 1.165) is 12.3 Å². The standard InChI is InChI=1S/C12H17NS/c1-2-14-9-10-5-6-12-11(8-10)4-3-7-13-12/h5-6,8,13H,2-4,7,9H2,1H3. The van der Waals surface area contributed by atoms with Gasteiger partial charge in [-0.15, -0.1) is 0 Å². The maximum atomic E-state index is 3.44. The molecule has 1 aliphatic rings. The first-order chi connectivity index (χ1) is 6.90. The van der Waals surface area contributed by atoms with Gasteiger partial charge >= 0.3 is 0 Å². The van der Waals surface area contributed by atoms with Crippen LogP contribution in [0.4, 0.5) is 5.69 Å². The molecule has 0 bridgehead atoms. The zero-order valence-electron chi connectivity index (χ0n) is 8.68. The van der Waals surface area contributed by atoms with E-state index in [9.17, 15) is 0 Å². The van der Waals surface area contributed by atoms with Crippen LogP contribution in [0.15, 0.2) is 18.2 Å². The molecule has 1 N–H and O–H groups in total. The number of aryl methyl sites for hydroxylation is 1. The van der Waals surface area contributed by atoms with Gasteiger partial charge in [-0.3, -0.25) is 0 Å². The number of nitrogens with one attached hydrogen (secondary N) is 1. The fourth-order valence-electron chi connectivity index (χ4n) is 1.84. The van der Waals surface area contributed by atoms with Crippen LogP contribution in [0.1, 0.15) is 24.5 Å². The smallest absolute Gasteiger partial charge is 0.0372 e. The van der Waals surface area contributed by atoms with E-state index in [-0.39, 0.29) is 0 Å². The number of benzene rings is 1. The highest BCUT2D eigenvalue weighted by atomic mass is 32.2. The lowest BCUT2D eigenvalue weighted by molar-refractivity contribution is 0.829. The van der Waals surface area contributed by atoms with Gasteiger partial charge in [0, 0.05) is 18.0 Å². The van der Waals surface area contributed by atoms with Gasteiger partial charge in [-0.1, -0.05) is 19.1 Å². The van der Waals surface area contributed by atoms with Crippen LogP contribution in [0, 0.1) is 0 Å². The molecular weight excluding hydrogens is 190 g/mol. The Bertz CT molecular complexity index is 309. The Kier molecular flexibility index (Phi) is 3.35. The Labute approximate surface area is 90.3 Å². The summed E-state index contributed by atoms with van der Waals surface area (Å²) in [6, 6.07) is 6.85. The summed E-state index contributed by atoms with van der Waals surface area (Å²) in [5.41, 5.74) is 4.33. The summed E-state index contributed by atoms with van der Waals surface area (Å²) in [7, 11) is 0. The minimum Gasteiger partial charge on any atom is -0.385 e. The van der Waals surface area contributed by atoms with Crippen molar-refractivity contribution in [1.82, 2.24) is 0 Å². The first-order valence-electron chi connectivity index (χ1n) is 5.33. The predicted octanol–water partition coefficient (Wildman–Crippen LogP) is 3.30. The molecule has 1 heterocycles. The predicted molar refractivity (Wildman–Crippen MR) is 65.1 cm³/mol. The van der Waals surface area contributed by atoms with Crippen molar-refractivity contribution in [3.63, 3.8) is 0 Å². The zero-order chi connectivity index (χ0) is 9.80. The van der Waals surface area contributed by atoms with Crippen molar-refractivity contribution < 1.29 is 0 Å². The van der Waals surface area contributed by atoms with E-state index in [2.05, 4.69) is 30.4 Å². The molecule has 0 amide bonds. The molecule has 0 radical (unpaired) electrons. The monoisotopic (exact) mass is 207 g/mol. The Balaban J connectivity index is 2.12. The van der Waals surface area contributed by atoms with E-state index in [1.54, 1.807) is 0 Å². The molecule has 0 aromatic heterocycles. The normalized spacial score (nSPS) is 14.6. The lowest BCUT2D eigenvalue weighted by Gasteiger charge is -2.18. The fourth-order valence-corrected chi connectivity index (χ4v) is 2.46. The number of thioether (sulfide) groups is 1. The van der Waals surface area contributed by atoms with Crippen LogP contribution in [0.3, 0.4) is 0 Å². The van der Waals surface area contributed by atoms with Crippen molar-refractivity contribution in [3.8, 4) is 0 Å². The molecule has 1 aromatic rings. The molecule has 1 aliphatic heterocycles. The Hall–Kier alpha value is -0.630. The van der Waals surface area contributed by atoms with Crippen molar-refractivity contribution in [2.45, 2.75) is 25.5 Å². The second-order valence-electron chi connectivity index (χ2n) is 3.66. The lowest BCUT2D eigenvalue weighted by Crippen LogP contribution is -2.11. The topological polar surface area (TPSA) is 12.0 Å². The van der Waals surface area contributed by atoms with Crippen molar-refractivity contribution in [2.75, 3.05) is 17.6 Å². The molecule has 0 saturated carbocycles. The number of anilines is 1. The summed E-state index contributed by atoms with van der Waals surface area (Å²) in [5.74, 6) is 2.36. The van der Waals surface area contributed by atoms with E-state index in [4.69, 9.17) is 0 Å². The molecule has 1 nitrogen and oxygen atoms in total. The second kappa shape index (κ2) is 4.74. The molecule has 0 saturated heterocycles. The zero-order valence-corrected chi connectivity index (χ0v) is 9.49. The van der Waals surface area contributed by atoms with Gasteiger partial charge in [0.15, 0.2) is 0 Å². The Morgan fingerprint density at radius 3 is 3.21 bits per heavy atom. The Morgan fingerprint density at radius 2 is 2.36 bits per heavy atom. The fraction of sp³-hybridized carbons (Fsp3) is 0.500. The van der Waals surface area contributed by atoms with Crippen LogP contribution in [0.2, 0.25) is 0 Å². The Morgan fingerprint density at radius 1 is 1.43 bits per heavy atom. The molecule has 0 unspecified atom stereocenters. The third-order valence-electron chi connectivity index (χ3n) is 2.58. The van der Waals surface area contributed by atoms with Gasteiger partial charge in [-0.25, -0.2) is 0 Å². The quantitative estimate of drug-likeness (QED) is 0.816. The van der Waals surface area contributed by atoms with Gasteiger partial charge in [-0.05, 0) is 35.8 Å². The highest BCUT2D eigenvalue weighted by molar-refractivity contribution is 7.98. The summed E-state index contributed by atoms with van der Waals surface area (Å²) in [6.07, 6.45) is 2.52. The van der Waals surface area contributed by atoms with Crippen molar-refractivity contribution in [1.29, 1.82) is 0 Å². The second-order valence-corrected chi connectivity index (χ2v) is 4.93. The minimum atomic E-state index is 1.13. The van der Waals surface area contributed by atoms with Gasteiger partial charge in [0.05, 0.1) is 0 Å². The van der Waals surface area contributed by atoms with E-state index in [1.165, 1.54) is 35.4 Å². The molecule has 0 fully saturated rings.